The lowest BCUT2D eigenvalue weighted by Gasteiger charge is -2.40. The van der Waals surface area contributed by atoms with Gasteiger partial charge in [-0.2, -0.15) is 0 Å². The Morgan fingerprint density at radius 1 is 1.15 bits per heavy atom. The Labute approximate surface area is 200 Å². The van der Waals surface area contributed by atoms with Crippen molar-refractivity contribution in [2.24, 2.45) is 5.73 Å². The number of likely N-dealkylation sites (tertiary alicyclic amines) is 1. The second-order valence-electron chi connectivity index (χ2n) is 8.27. The molecule has 3 rings (SSSR count). The fourth-order valence-electron chi connectivity index (χ4n) is 4.48. The molecule has 2 aromatic carbocycles. The van der Waals surface area contributed by atoms with E-state index in [2.05, 4.69) is 5.32 Å². The van der Waals surface area contributed by atoms with Gasteiger partial charge in [0.05, 0.1) is 20.3 Å². The Bertz CT molecular complexity index is 976. The first-order chi connectivity index (χ1) is 16.4. The minimum absolute atomic E-state index is 0.0209. The number of carbonyl (C=O) groups is 2. The van der Waals surface area contributed by atoms with Crippen LogP contribution in [0.2, 0.25) is 0 Å². The first-order valence-corrected chi connectivity index (χ1v) is 11.4. The molecule has 1 heterocycles. The van der Waals surface area contributed by atoms with E-state index < -0.39 is 17.6 Å². The van der Waals surface area contributed by atoms with Gasteiger partial charge in [0, 0.05) is 31.8 Å². The molecule has 4 N–H and O–H groups in total. The Morgan fingerprint density at radius 3 is 2.32 bits per heavy atom. The molecule has 0 aliphatic carbocycles. The van der Waals surface area contributed by atoms with Gasteiger partial charge in [0.25, 0.3) is 0 Å². The molecule has 0 aromatic heterocycles. The third-order valence-electron chi connectivity index (χ3n) is 6.15. The van der Waals surface area contributed by atoms with Crippen molar-refractivity contribution in [3.05, 3.63) is 71.9 Å². The largest absolute Gasteiger partial charge is 0.497 e. The molecule has 0 saturated carbocycles. The molecule has 1 saturated heterocycles. The highest BCUT2D eigenvalue weighted by Crippen LogP contribution is 2.42. The molecule has 34 heavy (non-hydrogen) atoms. The summed E-state index contributed by atoms with van der Waals surface area (Å²) in [6, 6.07) is 14.2. The van der Waals surface area contributed by atoms with Gasteiger partial charge >= 0.3 is 0 Å². The van der Waals surface area contributed by atoms with Crippen LogP contribution in [0.1, 0.15) is 36.8 Å². The van der Waals surface area contributed by atoms with E-state index in [0.29, 0.717) is 55.0 Å². The van der Waals surface area contributed by atoms with Gasteiger partial charge in [-0.1, -0.05) is 24.3 Å². The summed E-state index contributed by atoms with van der Waals surface area (Å²) in [5.74, 6) is 0.708. The van der Waals surface area contributed by atoms with Crippen LogP contribution in [0, 0.1) is 0 Å². The van der Waals surface area contributed by atoms with Crippen LogP contribution in [0.25, 0.3) is 0 Å². The smallest absolute Gasteiger partial charge is 0.242 e. The minimum atomic E-state index is -1.45. The number of primary amides is 1. The molecular weight excluding hydrogens is 434 g/mol. The molecule has 2 amide bonds. The summed E-state index contributed by atoms with van der Waals surface area (Å²) in [6.07, 6.45) is 5.08. The van der Waals surface area contributed by atoms with Crippen LogP contribution in [-0.2, 0) is 15.2 Å². The minimum Gasteiger partial charge on any atom is -0.497 e. The molecule has 1 aliphatic rings. The topological polar surface area (TPSA) is 114 Å². The highest BCUT2D eigenvalue weighted by molar-refractivity contribution is 5.85. The molecule has 1 atom stereocenters. The monoisotopic (exact) mass is 467 g/mol. The zero-order valence-corrected chi connectivity index (χ0v) is 19.7. The first-order valence-electron chi connectivity index (χ1n) is 11.4. The quantitative estimate of drug-likeness (QED) is 0.345. The normalized spacial score (nSPS) is 16.0. The Morgan fingerprint density at radius 2 is 1.76 bits per heavy atom. The lowest BCUT2D eigenvalue weighted by Crippen LogP contribution is -2.50. The number of benzene rings is 2. The number of rotatable bonds is 11. The Balaban J connectivity index is 1.87. The van der Waals surface area contributed by atoms with Crippen molar-refractivity contribution < 1.29 is 24.2 Å². The molecule has 1 aliphatic heterocycles. The molecule has 8 nitrogen and oxygen atoms in total. The van der Waals surface area contributed by atoms with Crippen molar-refractivity contribution in [2.75, 3.05) is 27.3 Å². The van der Waals surface area contributed by atoms with Crippen LogP contribution < -0.4 is 20.5 Å². The fourth-order valence-corrected chi connectivity index (χ4v) is 4.48. The first kappa shape index (κ1) is 25.1. The molecule has 0 spiro atoms. The van der Waals surface area contributed by atoms with E-state index in [4.69, 9.17) is 15.2 Å². The molecule has 0 radical (unpaired) electrons. The van der Waals surface area contributed by atoms with E-state index in [1.54, 1.807) is 19.1 Å². The number of amides is 2. The summed E-state index contributed by atoms with van der Waals surface area (Å²) < 4.78 is 10.8. The lowest BCUT2D eigenvalue weighted by atomic mass is 9.78. The number of nitrogens with two attached hydrogens (primary N) is 1. The molecule has 182 valence electrons. The van der Waals surface area contributed by atoms with Gasteiger partial charge in [-0.3, -0.25) is 9.59 Å². The second kappa shape index (κ2) is 11.6. The predicted molar refractivity (Wildman–Crippen MR) is 129 cm³/mol. The summed E-state index contributed by atoms with van der Waals surface area (Å²) in [6.45, 7) is 1.11. The predicted octanol–water partition coefficient (Wildman–Crippen LogP) is 2.30. The van der Waals surface area contributed by atoms with Gasteiger partial charge in [-0.25, -0.2) is 0 Å². The van der Waals surface area contributed by atoms with E-state index in [1.165, 1.54) is 12.3 Å². The number of methoxy groups -OCH3 is 2. The van der Waals surface area contributed by atoms with Crippen LogP contribution in [0.5, 0.6) is 11.5 Å². The summed E-state index contributed by atoms with van der Waals surface area (Å²) >= 11 is 0. The number of ether oxygens (including phenoxy) is 2. The standard InChI is InChI=1S/C26H33N3O5/c1-33-21-9-3-7-19(17-21)26(32,20-8-4-10-22(18-20)34-2)23-11-6-16-29(23)25(31)12-5-14-28-15-13-24(27)30/h3-4,7-10,13,15,17-18,23,28,32H,5-6,11-12,14,16H2,1-2H3,(H2,27,30)/b15-13-/t23-/m0/s1. The maximum Gasteiger partial charge on any atom is 0.242 e. The number of nitrogens with one attached hydrogen (secondary N) is 1. The van der Waals surface area contributed by atoms with Gasteiger partial charge in [-0.05, 0) is 54.7 Å². The average molecular weight is 468 g/mol. The summed E-state index contributed by atoms with van der Waals surface area (Å²) in [7, 11) is 3.17. The van der Waals surface area contributed by atoms with Gasteiger partial charge in [0.15, 0.2) is 0 Å². The molecule has 2 aromatic rings. The Kier molecular flexibility index (Phi) is 8.54. The number of carbonyl (C=O) groups excluding carboxylic acids is 2. The van der Waals surface area contributed by atoms with Crippen LogP contribution in [0.4, 0.5) is 0 Å². The van der Waals surface area contributed by atoms with E-state index in [1.807, 2.05) is 48.5 Å². The zero-order valence-electron chi connectivity index (χ0n) is 19.7. The summed E-state index contributed by atoms with van der Waals surface area (Å²) in [5, 5.41) is 15.3. The highest BCUT2D eigenvalue weighted by Gasteiger charge is 2.47. The average Bonchev–Trinajstić information content (AvgIpc) is 3.36. The molecule has 0 bridgehead atoms. The maximum atomic E-state index is 13.2. The van der Waals surface area contributed by atoms with E-state index >= 15 is 0 Å². The molecule has 1 fully saturated rings. The van der Waals surface area contributed by atoms with Gasteiger partial charge in [0.2, 0.25) is 11.8 Å². The molecule has 0 unspecified atom stereocenters. The van der Waals surface area contributed by atoms with Crippen molar-refractivity contribution >= 4 is 11.8 Å². The number of nitrogens with zero attached hydrogens (tertiary/aromatic N) is 1. The van der Waals surface area contributed by atoms with E-state index in [0.717, 1.165) is 6.42 Å². The van der Waals surface area contributed by atoms with E-state index in [-0.39, 0.29) is 5.91 Å². The van der Waals surface area contributed by atoms with Gasteiger partial charge < -0.3 is 30.5 Å². The van der Waals surface area contributed by atoms with Crippen LogP contribution in [0.15, 0.2) is 60.8 Å². The number of hydrogen-bond acceptors (Lipinski definition) is 6. The van der Waals surface area contributed by atoms with Crippen molar-refractivity contribution in [1.82, 2.24) is 10.2 Å². The zero-order chi connectivity index (χ0) is 24.6. The number of hydrogen-bond donors (Lipinski definition) is 3. The molecule has 8 heteroatoms. The maximum absolute atomic E-state index is 13.2. The van der Waals surface area contributed by atoms with Crippen LogP contribution in [-0.4, -0.2) is 55.2 Å². The SMILES string of the molecule is COc1cccc(C(O)(c2cccc(OC)c2)[C@@H]2CCCN2C(=O)CCCN/C=C\C(N)=O)c1. The van der Waals surface area contributed by atoms with Crippen LogP contribution >= 0.6 is 0 Å². The van der Waals surface area contributed by atoms with E-state index in [9.17, 15) is 14.7 Å². The van der Waals surface area contributed by atoms with Gasteiger partial charge in [-0.15, -0.1) is 0 Å². The summed E-state index contributed by atoms with van der Waals surface area (Å²) in [4.78, 5) is 25.7. The van der Waals surface area contributed by atoms with Crippen molar-refractivity contribution in [2.45, 2.75) is 37.3 Å². The van der Waals surface area contributed by atoms with Crippen LogP contribution in [0.3, 0.4) is 0 Å². The summed E-state index contributed by atoms with van der Waals surface area (Å²) in [5.41, 5.74) is 4.93. The third-order valence-corrected chi connectivity index (χ3v) is 6.15. The second-order valence-corrected chi connectivity index (χ2v) is 8.27. The number of aliphatic hydroxyl groups is 1. The third kappa shape index (κ3) is 5.69. The lowest BCUT2D eigenvalue weighted by molar-refractivity contribution is -0.136. The highest BCUT2D eigenvalue weighted by atomic mass is 16.5. The van der Waals surface area contributed by atoms with Crippen molar-refractivity contribution in [1.29, 1.82) is 0 Å². The van der Waals surface area contributed by atoms with Crippen molar-refractivity contribution in [3.63, 3.8) is 0 Å². The fraction of sp³-hybridized carbons (Fsp3) is 0.385. The molecular formula is C26H33N3O5. The van der Waals surface area contributed by atoms with Crippen molar-refractivity contribution in [3.8, 4) is 11.5 Å². The van der Waals surface area contributed by atoms with Gasteiger partial charge in [0.1, 0.15) is 17.1 Å². The Hall–Kier alpha value is -3.52.